The van der Waals surface area contributed by atoms with E-state index in [4.69, 9.17) is 11.6 Å². The standard InChI is InChI=1S/C17H14ClN5O2/c18-11-3-1-10(2-4-11)16-12-9-23(8-7-13(12)19-22-16)17(25)14-5-6-15(24)21-20-14/h1-6H,7-9H2,(H,19,22)(H,21,24). The summed E-state index contributed by atoms with van der Waals surface area (Å²) >= 11 is 5.95. The van der Waals surface area contributed by atoms with Gasteiger partial charge in [-0.3, -0.25) is 14.7 Å². The van der Waals surface area contributed by atoms with Crippen LogP contribution in [0.25, 0.3) is 11.3 Å². The molecule has 1 amide bonds. The van der Waals surface area contributed by atoms with Crippen LogP contribution >= 0.6 is 11.6 Å². The van der Waals surface area contributed by atoms with Crippen LogP contribution < -0.4 is 5.56 Å². The molecule has 3 heterocycles. The van der Waals surface area contributed by atoms with Gasteiger partial charge in [-0.2, -0.15) is 10.2 Å². The molecule has 1 aliphatic rings. The predicted molar refractivity (Wildman–Crippen MR) is 92.3 cm³/mol. The van der Waals surface area contributed by atoms with Gasteiger partial charge < -0.3 is 4.90 Å². The number of carbonyl (C=O) groups is 1. The van der Waals surface area contributed by atoms with E-state index in [0.29, 0.717) is 24.5 Å². The molecule has 0 saturated heterocycles. The molecule has 3 aromatic rings. The number of aromatic amines is 2. The Kier molecular flexibility index (Phi) is 3.85. The van der Waals surface area contributed by atoms with Crippen molar-refractivity contribution in [3.05, 3.63) is 68.7 Å². The number of fused-ring (bicyclic) bond motifs is 1. The summed E-state index contributed by atoms with van der Waals surface area (Å²) in [6.07, 6.45) is 0.686. The van der Waals surface area contributed by atoms with Crippen molar-refractivity contribution in [2.45, 2.75) is 13.0 Å². The van der Waals surface area contributed by atoms with E-state index in [1.54, 1.807) is 4.90 Å². The molecule has 0 saturated carbocycles. The number of benzene rings is 1. The number of H-pyrrole nitrogens is 2. The lowest BCUT2D eigenvalue weighted by Crippen LogP contribution is -2.36. The SMILES string of the molecule is O=C(c1ccc(=O)[nH]n1)N1CCc2[nH]nc(-c3ccc(Cl)cc3)c2C1. The van der Waals surface area contributed by atoms with E-state index in [-0.39, 0.29) is 17.2 Å². The summed E-state index contributed by atoms with van der Waals surface area (Å²) in [4.78, 5) is 25.4. The molecule has 25 heavy (non-hydrogen) atoms. The quantitative estimate of drug-likeness (QED) is 0.735. The van der Waals surface area contributed by atoms with Crippen LogP contribution in [-0.4, -0.2) is 37.7 Å². The molecule has 2 N–H and O–H groups in total. The van der Waals surface area contributed by atoms with Crippen molar-refractivity contribution in [1.82, 2.24) is 25.3 Å². The third kappa shape index (κ3) is 2.94. The molecule has 0 aliphatic carbocycles. The van der Waals surface area contributed by atoms with E-state index < -0.39 is 0 Å². The van der Waals surface area contributed by atoms with E-state index >= 15 is 0 Å². The molecule has 0 fully saturated rings. The lowest BCUT2D eigenvalue weighted by Gasteiger charge is -2.26. The molecule has 2 aromatic heterocycles. The summed E-state index contributed by atoms with van der Waals surface area (Å²) in [5.41, 5.74) is 3.67. The molecular formula is C17H14ClN5O2. The highest BCUT2D eigenvalue weighted by Gasteiger charge is 2.27. The molecule has 4 rings (SSSR count). The summed E-state index contributed by atoms with van der Waals surface area (Å²) in [7, 11) is 0. The van der Waals surface area contributed by atoms with E-state index in [0.717, 1.165) is 22.5 Å². The first-order chi connectivity index (χ1) is 12.1. The molecule has 126 valence electrons. The fourth-order valence-electron chi connectivity index (χ4n) is 2.94. The molecule has 0 spiro atoms. The lowest BCUT2D eigenvalue weighted by atomic mass is 10.0. The van der Waals surface area contributed by atoms with Crippen molar-refractivity contribution >= 4 is 17.5 Å². The summed E-state index contributed by atoms with van der Waals surface area (Å²) in [5.74, 6) is -0.217. The Hall–Kier alpha value is -2.93. The number of hydrogen-bond donors (Lipinski definition) is 2. The molecule has 0 radical (unpaired) electrons. The molecule has 1 aromatic carbocycles. The highest BCUT2D eigenvalue weighted by Crippen LogP contribution is 2.29. The summed E-state index contributed by atoms with van der Waals surface area (Å²) in [6, 6.07) is 10.2. The van der Waals surface area contributed by atoms with Crippen molar-refractivity contribution in [3.8, 4) is 11.3 Å². The predicted octanol–water partition coefficient (Wildman–Crippen LogP) is 2.01. The van der Waals surface area contributed by atoms with Crippen molar-refractivity contribution in [1.29, 1.82) is 0 Å². The van der Waals surface area contributed by atoms with Crippen LogP contribution in [0.5, 0.6) is 0 Å². The van der Waals surface area contributed by atoms with Crippen molar-refractivity contribution in [2.24, 2.45) is 0 Å². The largest absolute Gasteiger partial charge is 0.332 e. The van der Waals surface area contributed by atoms with Gasteiger partial charge in [0.15, 0.2) is 0 Å². The first-order valence-electron chi connectivity index (χ1n) is 7.79. The first kappa shape index (κ1) is 15.6. The Labute approximate surface area is 147 Å². The molecular weight excluding hydrogens is 342 g/mol. The third-order valence-electron chi connectivity index (χ3n) is 4.24. The van der Waals surface area contributed by atoms with Gasteiger partial charge in [-0.1, -0.05) is 23.7 Å². The molecule has 8 heteroatoms. The maximum absolute atomic E-state index is 12.6. The first-order valence-corrected chi connectivity index (χ1v) is 8.16. The summed E-state index contributed by atoms with van der Waals surface area (Å²) in [5, 5.41) is 14.2. The van der Waals surface area contributed by atoms with Crippen molar-refractivity contribution in [2.75, 3.05) is 6.54 Å². The minimum Gasteiger partial charge on any atom is -0.332 e. The van der Waals surface area contributed by atoms with Crippen LogP contribution in [0.4, 0.5) is 0 Å². The Morgan fingerprint density at radius 3 is 2.60 bits per heavy atom. The molecule has 0 unspecified atom stereocenters. The van der Waals surface area contributed by atoms with Gasteiger partial charge in [-0.05, 0) is 18.2 Å². The van der Waals surface area contributed by atoms with Gasteiger partial charge in [0.2, 0.25) is 0 Å². The number of aromatic nitrogens is 4. The van der Waals surface area contributed by atoms with Gasteiger partial charge in [0.1, 0.15) is 5.69 Å². The van der Waals surface area contributed by atoms with Gasteiger partial charge in [-0.25, -0.2) is 5.10 Å². The van der Waals surface area contributed by atoms with Gasteiger partial charge in [-0.15, -0.1) is 0 Å². The van der Waals surface area contributed by atoms with E-state index in [1.807, 2.05) is 24.3 Å². The van der Waals surface area contributed by atoms with Crippen molar-refractivity contribution < 1.29 is 4.79 Å². The molecule has 1 aliphatic heterocycles. The average molecular weight is 356 g/mol. The van der Waals surface area contributed by atoms with Crippen LogP contribution in [0.2, 0.25) is 5.02 Å². The summed E-state index contributed by atoms with van der Waals surface area (Å²) < 4.78 is 0. The fourth-order valence-corrected chi connectivity index (χ4v) is 3.07. The van der Waals surface area contributed by atoms with Crippen molar-refractivity contribution in [3.63, 3.8) is 0 Å². The second kappa shape index (κ2) is 6.18. The van der Waals surface area contributed by atoms with Crippen LogP contribution in [0.15, 0.2) is 41.2 Å². The minimum atomic E-state index is -0.336. The maximum Gasteiger partial charge on any atom is 0.274 e. The number of nitrogens with one attached hydrogen (secondary N) is 2. The topological polar surface area (TPSA) is 94.7 Å². The third-order valence-corrected chi connectivity index (χ3v) is 4.49. The number of halogens is 1. The molecule has 0 atom stereocenters. The Morgan fingerprint density at radius 2 is 1.88 bits per heavy atom. The van der Waals surface area contributed by atoms with Crippen LogP contribution in [0.3, 0.4) is 0 Å². The van der Waals surface area contributed by atoms with Gasteiger partial charge in [0.25, 0.3) is 11.5 Å². The van der Waals surface area contributed by atoms with Gasteiger partial charge in [0, 0.05) is 40.9 Å². The smallest absolute Gasteiger partial charge is 0.274 e. The Bertz CT molecular complexity index is 973. The Balaban J connectivity index is 1.63. The zero-order chi connectivity index (χ0) is 17.4. The molecule has 7 nitrogen and oxygen atoms in total. The maximum atomic E-state index is 12.6. The summed E-state index contributed by atoms with van der Waals surface area (Å²) in [6.45, 7) is 0.998. The number of hydrogen-bond acceptors (Lipinski definition) is 4. The number of carbonyl (C=O) groups excluding carboxylic acids is 1. The fraction of sp³-hybridized carbons (Fsp3) is 0.176. The van der Waals surface area contributed by atoms with Gasteiger partial charge >= 0.3 is 0 Å². The van der Waals surface area contributed by atoms with Crippen LogP contribution in [0, 0.1) is 0 Å². The Morgan fingerprint density at radius 1 is 1.08 bits per heavy atom. The second-order valence-corrected chi connectivity index (χ2v) is 6.26. The number of amides is 1. The van der Waals surface area contributed by atoms with E-state index in [2.05, 4.69) is 20.4 Å². The zero-order valence-corrected chi connectivity index (χ0v) is 13.9. The van der Waals surface area contributed by atoms with E-state index in [1.165, 1.54) is 12.1 Å². The highest BCUT2D eigenvalue weighted by molar-refractivity contribution is 6.30. The number of rotatable bonds is 2. The van der Waals surface area contributed by atoms with Crippen LogP contribution in [0.1, 0.15) is 21.7 Å². The zero-order valence-electron chi connectivity index (χ0n) is 13.1. The monoisotopic (exact) mass is 355 g/mol. The average Bonchev–Trinajstić information content (AvgIpc) is 3.05. The normalized spacial score (nSPS) is 13.6. The van der Waals surface area contributed by atoms with Gasteiger partial charge in [0.05, 0.1) is 12.2 Å². The van der Waals surface area contributed by atoms with Crippen LogP contribution in [-0.2, 0) is 13.0 Å². The minimum absolute atomic E-state index is 0.217. The lowest BCUT2D eigenvalue weighted by molar-refractivity contribution is 0.0727. The number of nitrogens with zero attached hydrogens (tertiary/aromatic N) is 3. The van der Waals surface area contributed by atoms with E-state index in [9.17, 15) is 9.59 Å². The molecule has 0 bridgehead atoms. The highest BCUT2D eigenvalue weighted by atomic mass is 35.5. The second-order valence-electron chi connectivity index (χ2n) is 5.82.